The SMILES string of the molecule is CC(=O)C1CCC2(C(C)=O)CC1C2. The summed E-state index contributed by atoms with van der Waals surface area (Å²) in [5.41, 5.74) is -0.00336. The maximum Gasteiger partial charge on any atom is 0.135 e. The highest BCUT2D eigenvalue weighted by Gasteiger charge is 2.54. The van der Waals surface area contributed by atoms with E-state index >= 15 is 0 Å². The van der Waals surface area contributed by atoms with Gasteiger partial charge in [-0.25, -0.2) is 0 Å². The van der Waals surface area contributed by atoms with Gasteiger partial charge in [-0.2, -0.15) is 0 Å². The van der Waals surface area contributed by atoms with Crippen molar-refractivity contribution in [3.8, 4) is 0 Å². The van der Waals surface area contributed by atoms with Crippen LogP contribution in [0.3, 0.4) is 0 Å². The molecule has 0 heterocycles. The Morgan fingerprint density at radius 1 is 1.23 bits per heavy atom. The minimum Gasteiger partial charge on any atom is -0.300 e. The smallest absolute Gasteiger partial charge is 0.135 e. The van der Waals surface area contributed by atoms with E-state index in [2.05, 4.69) is 0 Å². The lowest BCUT2D eigenvalue weighted by Gasteiger charge is -2.54. The first-order chi connectivity index (χ1) is 6.05. The molecule has 2 nitrogen and oxygen atoms in total. The van der Waals surface area contributed by atoms with Gasteiger partial charge < -0.3 is 0 Å². The molecule has 0 aliphatic heterocycles. The van der Waals surface area contributed by atoms with Crippen LogP contribution in [-0.4, -0.2) is 11.6 Å². The minimum atomic E-state index is -0.00336. The van der Waals surface area contributed by atoms with Crippen LogP contribution in [0.1, 0.15) is 39.5 Å². The highest BCUT2D eigenvalue weighted by atomic mass is 16.1. The summed E-state index contributed by atoms with van der Waals surface area (Å²) in [6.07, 6.45) is 3.85. The van der Waals surface area contributed by atoms with Gasteiger partial charge in [0.25, 0.3) is 0 Å². The maximum absolute atomic E-state index is 11.4. The van der Waals surface area contributed by atoms with Crippen molar-refractivity contribution < 1.29 is 9.59 Å². The van der Waals surface area contributed by atoms with E-state index in [4.69, 9.17) is 0 Å². The normalized spacial score (nSPS) is 42.3. The van der Waals surface area contributed by atoms with Crippen molar-refractivity contribution in [3.05, 3.63) is 0 Å². The lowest BCUT2D eigenvalue weighted by atomic mass is 9.49. The molecule has 0 aromatic heterocycles. The first-order valence-corrected chi connectivity index (χ1v) is 5.07. The second kappa shape index (κ2) is 2.66. The molecule has 0 aromatic rings. The molecule has 3 fully saturated rings. The number of ketones is 2. The molecule has 2 heteroatoms. The van der Waals surface area contributed by atoms with E-state index in [1.165, 1.54) is 0 Å². The van der Waals surface area contributed by atoms with Gasteiger partial charge in [-0.3, -0.25) is 9.59 Å². The van der Waals surface area contributed by atoms with E-state index in [9.17, 15) is 9.59 Å². The van der Waals surface area contributed by atoms with Gasteiger partial charge in [0.15, 0.2) is 0 Å². The topological polar surface area (TPSA) is 34.1 Å². The van der Waals surface area contributed by atoms with Gasteiger partial charge in [0.05, 0.1) is 0 Å². The molecule has 72 valence electrons. The van der Waals surface area contributed by atoms with Crippen molar-refractivity contribution in [2.45, 2.75) is 39.5 Å². The number of Topliss-reactive ketones (excluding diaryl/α,β-unsaturated/α-hetero) is 2. The fourth-order valence-corrected chi connectivity index (χ4v) is 3.10. The van der Waals surface area contributed by atoms with Gasteiger partial charge >= 0.3 is 0 Å². The van der Waals surface area contributed by atoms with E-state index in [-0.39, 0.29) is 11.3 Å². The molecule has 0 aromatic carbocycles. The van der Waals surface area contributed by atoms with Gasteiger partial charge in [-0.15, -0.1) is 0 Å². The van der Waals surface area contributed by atoms with E-state index in [1.54, 1.807) is 13.8 Å². The van der Waals surface area contributed by atoms with Crippen LogP contribution < -0.4 is 0 Å². The third-order valence-corrected chi connectivity index (χ3v) is 4.08. The molecule has 1 unspecified atom stereocenters. The molecule has 0 saturated heterocycles. The van der Waals surface area contributed by atoms with Crippen molar-refractivity contribution in [3.63, 3.8) is 0 Å². The second-order valence-corrected chi connectivity index (χ2v) is 4.76. The predicted molar refractivity (Wildman–Crippen MR) is 49.2 cm³/mol. The zero-order chi connectivity index (χ0) is 9.64. The van der Waals surface area contributed by atoms with E-state index < -0.39 is 0 Å². The summed E-state index contributed by atoms with van der Waals surface area (Å²) in [6, 6.07) is 0. The number of fused-ring (bicyclic) bond motifs is 2. The van der Waals surface area contributed by atoms with E-state index in [0.29, 0.717) is 17.5 Å². The number of carbonyl (C=O) groups is 2. The lowest BCUT2D eigenvalue weighted by molar-refractivity contribution is -0.149. The summed E-state index contributed by atoms with van der Waals surface area (Å²) in [4.78, 5) is 22.6. The summed E-state index contributed by atoms with van der Waals surface area (Å²) in [5.74, 6) is 1.45. The van der Waals surface area contributed by atoms with Crippen LogP contribution in [0, 0.1) is 17.3 Å². The molecule has 3 rings (SSSR count). The largest absolute Gasteiger partial charge is 0.300 e. The fourth-order valence-electron chi connectivity index (χ4n) is 3.10. The van der Waals surface area contributed by atoms with Crippen LogP contribution >= 0.6 is 0 Å². The molecule has 3 aliphatic rings. The Bertz CT molecular complexity index is 256. The molecule has 2 bridgehead atoms. The molecular formula is C11H16O2. The van der Waals surface area contributed by atoms with Crippen LogP contribution in [-0.2, 0) is 9.59 Å². The van der Waals surface area contributed by atoms with Crippen LogP contribution in [0.5, 0.6) is 0 Å². The molecule has 1 atom stereocenters. The van der Waals surface area contributed by atoms with Crippen LogP contribution in [0.2, 0.25) is 0 Å². The summed E-state index contributed by atoms with van der Waals surface area (Å²) in [5, 5.41) is 0. The fraction of sp³-hybridized carbons (Fsp3) is 0.818. The monoisotopic (exact) mass is 180 g/mol. The molecule has 3 aliphatic carbocycles. The van der Waals surface area contributed by atoms with E-state index in [1.807, 2.05) is 0 Å². The predicted octanol–water partition coefficient (Wildman–Crippen LogP) is 1.97. The highest BCUT2D eigenvalue weighted by molar-refractivity contribution is 5.85. The third-order valence-electron chi connectivity index (χ3n) is 4.08. The Morgan fingerprint density at radius 3 is 2.15 bits per heavy atom. The van der Waals surface area contributed by atoms with Crippen molar-refractivity contribution >= 4 is 11.6 Å². The minimum absolute atomic E-state index is 0.00336. The van der Waals surface area contributed by atoms with Gasteiger partial charge in [-0.1, -0.05) is 0 Å². The standard InChI is InChI=1S/C11H16O2/c1-7(12)10-3-4-11(8(2)13)5-9(10)6-11/h9-10H,3-6H2,1-2H3. The Labute approximate surface area is 78.7 Å². The molecule has 3 saturated carbocycles. The van der Waals surface area contributed by atoms with Gasteiger partial charge in [0, 0.05) is 11.3 Å². The summed E-state index contributed by atoms with van der Waals surface area (Å²) in [7, 11) is 0. The van der Waals surface area contributed by atoms with Crippen LogP contribution in [0.15, 0.2) is 0 Å². The van der Waals surface area contributed by atoms with Gasteiger partial charge in [0.2, 0.25) is 0 Å². The average molecular weight is 180 g/mol. The Hall–Kier alpha value is -0.660. The molecule has 0 spiro atoms. The first-order valence-electron chi connectivity index (χ1n) is 5.07. The molecule has 0 radical (unpaired) electrons. The summed E-state index contributed by atoms with van der Waals surface area (Å²) in [6.45, 7) is 3.38. The van der Waals surface area contributed by atoms with Crippen molar-refractivity contribution in [1.29, 1.82) is 0 Å². The average Bonchev–Trinajstić information content (AvgIpc) is 2.02. The third kappa shape index (κ3) is 1.15. The zero-order valence-electron chi connectivity index (χ0n) is 8.30. The molecule has 0 amide bonds. The molecule has 0 N–H and O–H groups in total. The van der Waals surface area contributed by atoms with Gasteiger partial charge in [0.1, 0.15) is 11.6 Å². The Kier molecular flexibility index (Phi) is 1.83. The number of hydrogen-bond acceptors (Lipinski definition) is 2. The van der Waals surface area contributed by atoms with Crippen molar-refractivity contribution in [1.82, 2.24) is 0 Å². The first kappa shape index (κ1) is 8.92. The second-order valence-electron chi connectivity index (χ2n) is 4.76. The van der Waals surface area contributed by atoms with Crippen LogP contribution in [0.25, 0.3) is 0 Å². The number of hydrogen-bond donors (Lipinski definition) is 0. The Balaban J connectivity index is 2.07. The highest BCUT2D eigenvalue weighted by Crippen LogP contribution is 2.58. The number of rotatable bonds is 2. The van der Waals surface area contributed by atoms with Gasteiger partial charge in [-0.05, 0) is 45.4 Å². The number of carbonyl (C=O) groups excluding carboxylic acids is 2. The maximum atomic E-state index is 11.4. The molecular weight excluding hydrogens is 164 g/mol. The zero-order valence-corrected chi connectivity index (χ0v) is 8.30. The summed E-state index contributed by atoms with van der Waals surface area (Å²) >= 11 is 0. The van der Waals surface area contributed by atoms with E-state index in [0.717, 1.165) is 25.7 Å². The van der Waals surface area contributed by atoms with Crippen molar-refractivity contribution in [2.75, 3.05) is 0 Å². The molecule has 13 heavy (non-hydrogen) atoms. The quantitative estimate of drug-likeness (QED) is 0.651. The van der Waals surface area contributed by atoms with Crippen molar-refractivity contribution in [2.24, 2.45) is 17.3 Å². The summed E-state index contributed by atoms with van der Waals surface area (Å²) < 4.78 is 0. The van der Waals surface area contributed by atoms with Crippen LogP contribution in [0.4, 0.5) is 0 Å². The Morgan fingerprint density at radius 2 is 1.85 bits per heavy atom. The lowest BCUT2D eigenvalue weighted by Crippen LogP contribution is -2.51.